The van der Waals surface area contributed by atoms with Crippen LogP contribution >= 0.6 is 0 Å². The van der Waals surface area contributed by atoms with Crippen LogP contribution in [0.2, 0.25) is 0 Å². The molecule has 1 aromatic heterocycles. The van der Waals surface area contributed by atoms with Crippen LogP contribution in [0.15, 0.2) is 164 Å². The molecule has 0 aliphatic carbocycles. The van der Waals surface area contributed by atoms with Crippen LogP contribution in [0, 0.1) is 0 Å². The molecule has 0 fully saturated rings. The molecule has 1 heteroatoms. The van der Waals surface area contributed by atoms with Crippen LogP contribution in [0.1, 0.15) is 0 Å². The summed E-state index contributed by atoms with van der Waals surface area (Å²) in [7, 11) is 0. The molecule has 8 rings (SSSR count). The summed E-state index contributed by atoms with van der Waals surface area (Å²) in [5.41, 5.74) is 10.7. The number of nitrogens with zero attached hydrogens (tertiary/aromatic N) is 1. The fourth-order valence-electron chi connectivity index (χ4n) is 6.29. The zero-order chi connectivity index (χ0) is 27.9. The van der Waals surface area contributed by atoms with Gasteiger partial charge in [-0.2, -0.15) is 0 Å². The third kappa shape index (κ3) is 4.15. The Balaban J connectivity index is 1.32. The number of benzene rings is 7. The van der Waals surface area contributed by atoms with Crippen molar-refractivity contribution >= 4 is 32.4 Å². The summed E-state index contributed by atoms with van der Waals surface area (Å²) in [4.78, 5) is 4.99. The zero-order valence-electron chi connectivity index (χ0n) is 23.0. The van der Waals surface area contributed by atoms with E-state index in [-0.39, 0.29) is 0 Å². The number of fused-ring (bicyclic) bond motifs is 3. The normalized spacial score (nSPS) is 11.3. The van der Waals surface area contributed by atoms with E-state index in [1.807, 2.05) is 6.20 Å². The highest BCUT2D eigenvalue weighted by Crippen LogP contribution is 2.43. The van der Waals surface area contributed by atoms with E-state index in [9.17, 15) is 0 Å². The van der Waals surface area contributed by atoms with Gasteiger partial charge < -0.3 is 0 Å². The zero-order valence-corrected chi connectivity index (χ0v) is 23.0. The second-order valence-corrected chi connectivity index (χ2v) is 10.8. The van der Waals surface area contributed by atoms with Crippen LogP contribution in [-0.4, -0.2) is 4.98 Å². The highest BCUT2D eigenvalue weighted by atomic mass is 14.7. The third-order valence-electron chi connectivity index (χ3n) is 8.29. The van der Waals surface area contributed by atoms with Crippen LogP contribution in [0.4, 0.5) is 0 Å². The fourth-order valence-corrected chi connectivity index (χ4v) is 6.29. The molecular formula is C41H27N. The van der Waals surface area contributed by atoms with Crippen LogP contribution in [0.25, 0.3) is 77.0 Å². The molecule has 0 radical (unpaired) electrons. The molecule has 0 amide bonds. The van der Waals surface area contributed by atoms with E-state index in [0.29, 0.717) is 0 Å². The lowest BCUT2D eigenvalue weighted by Gasteiger charge is -2.17. The molecule has 0 saturated carbocycles. The molecule has 8 aromatic rings. The molecule has 0 aliphatic heterocycles. The smallest absolute Gasteiger partial charge is 0.0792 e. The Labute approximate surface area is 245 Å². The van der Waals surface area contributed by atoms with E-state index in [0.717, 1.165) is 10.9 Å². The van der Waals surface area contributed by atoms with E-state index in [2.05, 4.69) is 158 Å². The number of pyridine rings is 1. The first-order valence-electron chi connectivity index (χ1n) is 14.4. The minimum Gasteiger partial charge on any atom is -0.256 e. The van der Waals surface area contributed by atoms with Crippen molar-refractivity contribution in [3.63, 3.8) is 0 Å². The van der Waals surface area contributed by atoms with E-state index in [4.69, 9.17) is 4.98 Å². The van der Waals surface area contributed by atoms with Crippen LogP contribution < -0.4 is 0 Å². The fraction of sp³-hybridized carbons (Fsp3) is 0. The Morgan fingerprint density at radius 2 is 0.857 bits per heavy atom. The Morgan fingerprint density at radius 1 is 0.310 bits per heavy atom. The van der Waals surface area contributed by atoms with Crippen molar-refractivity contribution in [3.8, 4) is 44.5 Å². The van der Waals surface area contributed by atoms with Crippen molar-refractivity contribution < 1.29 is 0 Å². The highest BCUT2D eigenvalue weighted by Gasteiger charge is 2.18. The second kappa shape index (κ2) is 10.1. The van der Waals surface area contributed by atoms with Gasteiger partial charge in [0, 0.05) is 17.1 Å². The molecule has 1 nitrogen and oxygen atoms in total. The second-order valence-electron chi connectivity index (χ2n) is 10.8. The van der Waals surface area contributed by atoms with Gasteiger partial charge in [-0.3, -0.25) is 4.98 Å². The van der Waals surface area contributed by atoms with Gasteiger partial charge in [0.05, 0.1) is 5.52 Å². The first kappa shape index (κ1) is 24.3. The summed E-state index contributed by atoms with van der Waals surface area (Å²) < 4.78 is 0. The van der Waals surface area contributed by atoms with Gasteiger partial charge in [0.1, 0.15) is 0 Å². The summed E-state index contributed by atoms with van der Waals surface area (Å²) in [5.74, 6) is 0. The maximum absolute atomic E-state index is 4.99. The van der Waals surface area contributed by atoms with Gasteiger partial charge in [0.25, 0.3) is 0 Å². The average Bonchev–Trinajstić information content (AvgIpc) is 3.07. The van der Waals surface area contributed by atoms with Crippen molar-refractivity contribution in [2.24, 2.45) is 0 Å². The Morgan fingerprint density at radius 3 is 1.67 bits per heavy atom. The molecular weight excluding hydrogens is 506 g/mol. The summed E-state index contributed by atoms with van der Waals surface area (Å²) in [6.07, 6.45) is 1.91. The predicted molar refractivity (Wildman–Crippen MR) is 178 cm³/mol. The summed E-state index contributed by atoms with van der Waals surface area (Å²) in [5, 5.41) is 6.09. The number of hydrogen-bond acceptors (Lipinski definition) is 1. The number of hydrogen-bond donors (Lipinski definition) is 0. The first-order chi connectivity index (χ1) is 20.8. The Bertz CT molecular complexity index is 2170. The third-order valence-corrected chi connectivity index (χ3v) is 8.29. The molecule has 0 N–H and O–H groups in total. The monoisotopic (exact) mass is 533 g/mol. The van der Waals surface area contributed by atoms with Gasteiger partial charge >= 0.3 is 0 Å². The van der Waals surface area contributed by atoms with Crippen molar-refractivity contribution in [2.75, 3.05) is 0 Å². The lowest BCUT2D eigenvalue weighted by atomic mass is 9.87. The topological polar surface area (TPSA) is 12.9 Å². The quantitative estimate of drug-likeness (QED) is 0.205. The predicted octanol–water partition coefficient (Wildman–Crippen LogP) is 11.2. The van der Waals surface area contributed by atoms with Gasteiger partial charge in [-0.1, -0.05) is 140 Å². The summed E-state index contributed by atoms with van der Waals surface area (Å²) in [6, 6.07) is 56.7. The number of aromatic nitrogens is 1. The lowest BCUT2D eigenvalue weighted by Crippen LogP contribution is -1.93. The molecule has 0 atom stereocenters. The van der Waals surface area contributed by atoms with Gasteiger partial charge in [0.15, 0.2) is 0 Å². The molecule has 196 valence electrons. The average molecular weight is 534 g/mol. The molecule has 0 saturated heterocycles. The molecule has 0 unspecified atom stereocenters. The van der Waals surface area contributed by atoms with Crippen molar-refractivity contribution in [3.05, 3.63) is 164 Å². The lowest BCUT2D eigenvalue weighted by molar-refractivity contribution is 1.42. The van der Waals surface area contributed by atoms with Crippen molar-refractivity contribution in [2.45, 2.75) is 0 Å². The summed E-state index contributed by atoms with van der Waals surface area (Å²) in [6.45, 7) is 0. The SMILES string of the molecule is c1ccc(-c2ccc(-c3cccc(-c4c5ccccc5c(-c5ccc6ccccc6c5)c5ncccc45)c3)cc2)cc1. The van der Waals surface area contributed by atoms with Crippen molar-refractivity contribution in [1.29, 1.82) is 0 Å². The van der Waals surface area contributed by atoms with E-state index in [1.54, 1.807) is 0 Å². The molecule has 7 aromatic carbocycles. The molecule has 42 heavy (non-hydrogen) atoms. The Hall–Kier alpha value is -5.53. The molecule has 0 spiro atoms. The highest BCUT2D eigenvalue weighted by molar-refractivity contribution is 6.20. The maximum Gasteiger partial charge on any atom is 0.0792 e. The van der Waals surface area contributed by atoms with E-state index in [1.165, 1.54) is 66.1 Å². The minimum atomic E-state index is 1.03. The minimum absolute atomic E-state index is 1.03. The van der Waals surface area contributed by atoms with Crippen LogP contribution in [0.5, 0.6) is 0 Å². The molecule has 0 bridgehead atoms. The molecule has 0 aliphatic rings. The van der Waals surface area contributed by atoms with E-state index >= 15 is 0 Å². The maximum atomic E-state index is 4.99. The Kier molecular flexibility index (Phi) is 5.86. The van der Waals surface area contributed by atoms with Crippen LogP contribution in [0.3, 0.4) is 0 Å². The van der Waals surface area contributed by atoms with Gasteiger partial charge in [-0.25, -0.2) is 0 Å². The largest absolute Gasteiger partial charge is 0.256 e. The van der Waals surface area contributed by atoms with Gasteiger partial charge in [-0.05, 0) is 78.7 Å². The van der Waals surface area contributed by atoms with Gasteiger partial charge in [-0.15, -0.1) is 0 Å². The summed E-state index contributed by atoms with van der Waals surface area (Å²) >= 11 is 0. The van der Waals surface area contributed by atoms with Crippen molar-refractivity contribution in [1.82, 2.24) is 4.98 Å². The number of rotatable bonds is 4. The first-order valence-corrected chi connectivity index (χ1v) is 14.4. The standard InChI is InChI=1S/C41H27N/c1-2-10-28(11-3-1)30-19-21-31(22-20-30)33-14-8-15-34(26-33)39-36-16-6-7-17-37(36)40(41-38(39)18-9-25-42-41)35-24-23-29-12-4-5-13-32(29)27-35/h1-27H. The van der Waals surface area contributed by atoms with Gasteiger partial charge in [0.2, 0.25) is 0 Å². The van der Waals surface area contributed by atoms with Crippen LogP contribution in [-0.2, 0) is 0 Å². The van der Waals surface area contributed by atoms with E-state index < -0.39 is 0 Å². The molecule has 1 heterocycles.